The fraction of sp³-hybridized carbons (Fsp3) is 0.455. The number of benzene rings is 2. The lowest BCUT2D eigenvalue weighted by Crippen LogP contribution is -2.43. The molecule has 0 spiro atoms. The first-order valence-electron chi connectivity index (χ1n) is 9.65. The second-order valence-electron chi connectivity index (χ2n) is 7.16. The summed E-state index contributed by atoms with van der Waals surface area (Å²) in [6.07, 6.45) is 6.46. The van der Waals surface area contributed by atoms with Gasteiger partial charge in [0.05, 0.1) is 0 Å². The van der Waals surface area contributed by atoms with E-state index >= 15 is 0 Å². The minimum Gasteiger partial charge on any atom is -0.407 e. The number of hydrogen-bond acceptors (Lipinski definition) is 2. The molecule has 2 aromatic carbocycles. The summed E-state index contributed by atoms with van der Waals surface area (Å²) in [5, 5.41) is 0. The van der Waals surface area contributed by atoms with E-state index in [0.717, 1.165) is 5.46 Å². The predicted molar refractivity (Wildman–Crippen MR) is 106 cm³/mol. The smallest absolute Gasteiger partial charge is 0.407 e. The van der Waals surface area contributed by atoms with Gasteiger partial charge in [-0.15, -0.1) is 0 Å². The van der Waals surface area contributed by atoms with Crippen LogP contribution < -0.4 is 5.46 Å². The number of unbranched alkanes of at least 4 members (excludes halogenated alkanes) is 3. The minimum absolute atomic E-state index is 0.227. The first kappa shape index (κ1) is 18.2. The summed E-state index contributed by atoms with van der Waals surface area (Å²) in [7, 11) is -0.227. The van der Waals surface area contributed by atoms with E-state index in [-0.39, 0.29) is 7.12 Å². The van der Waals surface area contributed by atoms with Gasteiger partial charge >= 0.3 is 7.12 Å². The fourth-order valence-electron chi connectivity index (χ4n) is 3.32. The molecule has 1 aliphatic heterocycles. The second kappa shape index (κ2) is 9.21. The first-order valence-corrected chi connectivity index (χ1v) is 9.65. The molecular formula is C22H29BO2. The standard InChI is InChI=1S/C22H29BO2/c1-3-4-5-6-7-19-10-12-20(13-11-19)21-16-24-23(25-17-21)22-14-8-18(2)9-15-22/h8-15,21H,3-7,16-17H2,1-2H3. The van der Waals surface area contributed by atoms with Crippen molar-refractivity contribution in [3.63, 3.8) is 0 Å². The fourth-order valence-corrected chi connectivity index (χ4v) is 3.32. The number of rotatable bonds is 7. The van der Waals surface area contributed by atoms with Crippen LogP contribution in [0, 0.1) is 6.92 Å². The van der Waals surface area contributed by atoms with Crippen LogP contribution in [-0.2, 0) is 15.7 Å². The molecule has 0 bridgehead atoms. The summed E-state index contributed by atoms with van der Waals surface area (Å²) in [5.74, 6) is 0.329. The van der Waals surface area contributed by atoms with Crippen LogP contribution in [0.5, 0.6) is 0 Å². The van der Waals surface area contributed by atoms with Crippen molar-refractivity contribution in [1.82, 2.24) is 0 Å². The van der Waals surface area contributed by atoms with Crippen LogP contribution in [0.15, 0.2) is 48.5 Å². The Labute approximate surface area is 152 Å². The molecule has 25 heavy (non-hydrogen) atoms. The van der Waals surface area contributed by atoms with Crippen molar-refractivity contribution in [2.24, 2.45) is 0 Å². The van der Waals surface area contributed by atoms with Crippen LogP contribution in [0.3, 0.4) is 0 Å². The van der Waals surface area contributed by atoms with E-state index in [2.05, 4.69) is 62.4 Å². The van der Waals surface area contributed by atoms with E-state index in [4.69, 9.17) is 9.31 Å². The molecule has 1 saturated heterocycles. The average molecular weight is 336 g/mol. The summed E-state index contributed by atoms with van der Waals surface area (Å²) in [6, 6.07) is 17.4. The van der Waals surface area contributed by atoms with E-state index in [9.17, 15) is 0 Å². The lowest BCUT2D eigenvalue weighted by atomic mass is 9.77. The largest absolute Gasteiger partial charge is 0.493 e. The Morgan fingerprint density at radius 1 is 0.880 bits per heavy atom. The predicted octanol–water partition coefficient (Wildman–Crippen LogP) is 4.64. The maximum Gasteiger partial charge on any atom is 0.493 e. The molecule has 3 rings (SSSR count). The van der Waals surface area contributed by atoms with Gasteiger partial charge in [0.15, 0.2) is 0 Å². The third-order valence-corrected chi connectivity index (χ3v) is 5.02. The molecule has 0 atom stereocenters. The van der Waals surface area contributed by atoms with Gasteiger partial charge in [-0.05, 0) is 36.4 Å². The molecule has 0 radical (unpaired) electrons. The summed E-state index contributed by atoms with van der Waals surface area (Å²) in [6.45, 7) is 5.78. The van der Waals surface area contributed by atoms with Crippen molar-refractivity contribution in [1.29, 1.82) is 0 Å². The van der Waals surface area contributed by atoms with Gasteiger partial charge in [0, 0.05) is 19.1 Å². The van der Waals surface area contributed by atoms with E-state index in [1.54, 1.807) is 0 Å². The highest BCUT2D eigenvalue weighted by atomic mass is 16.6. The van der Waals surface area contributed by atoms with Crippen molar-refractivity contribution in [2.45, 2.75) is 51.9 Å². The van der Waals surface area contributed by atoms with E-state index in [1.165, 1.54) is 48.8 Å². The van der Waals surface area contributed by atoms with Crippen LogP contribution in [0.1, 0.15) is 55.2 Å². The van der Waals surface area contributed by atoms with Crippen LogP contribution in [0.4, 0.5) is 0 Å². The molecular weight excluding hydrogens is 307 g/mol. The van der Waals surface area contributed by atoms with Gasteiger partial charge in [0.1, 0.15) is 0 Å². The summed E-state index contributed by atoms with van der Waals surface area (Å²) >= 11 is 0. The van der Waals surface area contributed by atoms with Crippen molar-refractivity contribution in [3.8, 4) is 0 Å². The molecule has 0 saturated carbocycles. The Balaban J connectivity index is 1.50. The van der Waals surface area contributed by atoms with Gasteiger partial charge < -0.3 is 9.31 Å². The summed E-state index contributed by atoms with van der Waals surface area (Å²) < 4.78 is 11.9. The Bertz CT molecular complexity index is 628. The highest BCUT2D eigenvalue weighted by Gasteiger charge is 2.29. The number of aryl methyl sites for hydroxylation is 2. The Hall–Kier alpha value is -1.58. The molecule has 0 N–H and O–H groups in total. The summed E-state index contributed by atoms with van der Waals surface area (Å²) in [5.41, 5.74) is 5.12. The first-order chi connectivity index (χ1) is 12.3. The zero-order chi connectivity index (χ0) is 17.5. The van der Waals surface area contributed by atoms with Crippen molar-refractivity contribution in [2.75, 3.05) is 13.2 Å². The Morgan fingerprint density at radius 2 is 1.56 bits per heavy atom. The topological polar surface area (TPSA) is 18.5 Å². The molecule has 0 unspecified atom stereocenters. The lowest BCUT2D eigenvalue weighted by Gasteiger charge is -2.28. The summed E-state index contributed by atoms with van der Waals surface area (Å²) in [4.78, 5) is 0. The number of hydrogen-bond donors (Lipinski definition) is 0. The van der Waals surface area contributed by atoms with Gasteiger partial charge in [-0.1, -0.05) is 80.3 Å². The molecule has 132 valence electrons. The van der Waals surface area contributed by atoms with Crippen LogP contribution >= 0.6 is 0 Å². The maximum atomic E-state index is 5.97. The third kappa shape index (κ3) is 5.20. The van der Waals surface area contributed by atoms with Crippen LogP contribution in [0.2, 0.25) is 0 Å². The van der Waals surface area contributed by atoms with Crippen molar-refractivity contribution in [3.05, 3.63) is 65.2 Å². The molecule has 0 aromatic heterocycles. The average Bonchev–Trinajstić information content (AvgIpc) is 2.67. The quantitative estimate of drug-likeness (QED) is 0.541. The zero-order valence-electron chi connectivity index (χ0n) is 15.5. The van der Waals surface area contributed by atoms with Gasteiger partial charge in [-0.25, -0.2) is 0 Å². The minimum atomic E-state index is -0.227. The van der Waals surface area contributed by atoms with Gasteiger partial charge in [-0.2, -0.15) is 0 Å². The second-order valence-corrected chi connectivity index (χ2v) is 7.16. The van der Waals surface area contributed by atoms with Crippen molar-refractivity contribution < 1.29 is 9.31 Å². The molecule has 1 heterocycles. The van der Waals surface area contributed by atoms with E-state index in [1.807, 2.05) is 0 Å². The van der Waals surface area contributed by atoms with Gasteiger partial charge in [0.25, 0.3) is 0 Å². The highest BCUT2D eigenvalue weighted by molar-refractivity contribution is 6.61. The maximum absolute atomic E-state index is 5.97. The molecule has 2 aromatic rings. The van der Waals surface area contributed by atoms with Crippen LogP contribution in [-0.4, -0.2) is 20.3 Å². The molecule has 0 aliphatic carbocycles. The van der Waals surface area contributed by atoms with Crippen molar-refractivity contribution >= 4 is 12.6 Å². The zero-order valence-corrected chi connectivity index (χ0v) is 15.5. The SMILES string of the molecule is CCCCCCc1ccc(C2COB(c3ccc(C)cc3)OC2)cc1. The Morgan fingerprint density at radius 3 is 2.20 bits per heavy atom. The third-order valence-electron chi connectivity index (χ3n) is 5.02. The molecule has 1 aliphatic rings. The van der Waals surface area contributed by atoms with E-state index < -0.39 is 0 Å². The van der Waals surface area contributed by atoms with Gasteiger partial charge in [0.2, 0.25) is 0 Å². The normalized spacial score (nSPS) is 15.5. The lowest BCUT2D eigenvalue weighted by molar-refractivity contribution is 0.121. The monoisotopic (exact) mass is 336 g/mol. The van der Waals surface area contributed by atoms with Crippen LogP contribution in [0.25, 0.3) is 0 Å². The van der Waals surface area contributed by atoms with Gasteiger partial charge in [-0.3, -0.25) is 0 Å². The Kier molecular flexibility index (Phi) is 6.72. The molecule has 3 heteroatoms. The molecule has 1 fully saturated rings. The van der Waals surface area contributed by atoms with E-state index in [0.29, 0.717) is 19.1 Å². The highest BCUT2D eigenvalue weighted by Crippen LogP contribution is 2.22. The molecule has 0 amide bonds. The molecule has 2 nitrogen and oxygen atoms in total.